The Balaban J connectivity index is 2.17. The van der Waals surface area contributed by atoms with Crippen molar-refractivity contribution in [3.05, 3.63) is 29.7 Å². The minimum Gasteiger partial charge on any atom is -0.481 e. The number of fused-ring (bicyclic) bond motifs is 1. The van der Waals surface area contributed by atoms with Gasteiger partial charge < -0.3 is 9.52 Å². The molecule has 22 heavy (non-hydrogen) atoms. The number of aliphatic carboxylic acids is 1. The van der Waals surface area contributed by atoms with Crippen LogP contribution in [0.3, 0.4) is 0 Å². The first-order valence-electron chi connectivity index (χ1n) is 6.75. The van der Waals surface area contributed by atoms with Gasteiger partial charge in [0.2, 0.25) is 5.82 Å². The molecule has 0 radical (unpaired) electrons. The van der Waals surface area contributed by atoms with Gasteiger partial charge in [0, 0.05) is 11.3 Å². The molecule has 3 rings (SSSR count). The van der Waals surface area contributed by atoms with Crippen LogP contribution in [-0.4, -0.2) is 36.4 Å². The third-order valence-electron chi connectivity index (χ3n) is 3.17. The molecule has 3 heterocycles. The van der Waals surface area contributed by atoms with Crippen molar-refractivity contribution in [1.82, 2.24) is 19.6 Å². The zero-order chi connectivity index (χ0) is 15.7. The third kappa shape index (κ3) is 2.57. The summed E-state index contributed by atoms with van der Waals surface area (Å²) in [6.07, 6.45) is 2.30. The van der Waals surface area contributed by atoms with Gasteiger partial charge in [0.1, 0.15) is 5.03 Å². The van der Waals surface area contributed by atoms with E-state index in [1.54, 1.807) is 22.9 Å². The Labute approximate surface area is 130 Å². The van der Waals surface area contributed by atoms with Gasteiger partial charge in [0.15, 0.2) is 5.76 Å². The number of furan rings is 1. The van der Waals surface area contributed by atoms with Gasteiger partial charge in [-0.05, 0) is 25.5 Å². The Bertz CT molecular complexity index is 826. The van der Waals surface area contributed by atoms with Gasteiger partial charge in [0.25, 0.3) is 5.78 Å². The fourth-order valence-corrected chi connectivity index (χ4v) is 3.18. The fourth-order valence-electron chi connectivity index (χ4n) is 2.21. The molecule has 0 fully saturated rings. The Morgan fingerprint density at radius 3 is 2.91 bits per heavy atom. The Morgan fingerprint density at radius 1 is 1.45 bits per heavy atom. The van der Waals surface area contributed by atoms with E-state index in [-0.39, 0.29) is 5.75 Å². The molecule has 3 aromatic rings. The summed E-state index contributed by atoms with van der Waals surface area (Å²) in [5.74, 6) is 0.509. The van der Waals surface area contributed by atoms with Gasteiger partial charge >= 0.3 is 5.97 Å². The van der Waals surface area contributed by atoms with E-state index in [9.17, 15) is 4.79 Å². The second-order valence-corrected chi connectivity index (χ2v) is 5.61. The molecule has 114 valence electrons. The van der Waals surface area contributed by atoms with Gasteiger partial charge in [-0.15, -0.1) is 5.10 Å². The highest BCUT2D eigenvalue weighted by Crippen LogP contribution is 2.27. The van der Waals surface area contributed by atoms with Crippen molar-refractivity contribution in [3.63, 3.8) is 0 Å². The van der Waals surface area contributed by atoms with Crippen LogP contribution in [0.2, 0.25) is 0 Å². The number of hydrogen-bond donors (Lipinski definition) is 1. The molecule has 0 unspecified atom stereocenters. The molecule has 0 amide bonds. The lowest BCUT2D eigenvalue weighted by atomic mass is 10.2. The summed E-state index contributed by atoms with van der Waals surface area (Å²) in [5.41, 5.74) is 1.82. The van der Waals surface area contributed by atoms with Crippen LogP contribution in [0.5, 0.6) is 0 Å². The van der Waals surface area contributed by atoms with Crippen molar-refractivity contribution in [3.8, 4) is 11.6 Å². The molecule has 8 heteroatoms. The first-order chi connectivity index (χ1) is 10.6. The van der Waals surface area contributed by atoms with E-state index in [2.05, 4.69) is 15.1 Å². The Kier molecular flexibility index (Phi) is 3.84. The van der Waals surface area contributed by atoms with Crippen LogP contribution in [0.15, 0.2) is 27.8 Å². The molecule has 7 nitrogen and oxygen atoms in total. The predicted molar refractivity (Wildman–Crippen MR) is 81.0 cm³/mol. The van der Waals surface area contributed by atoms with Crippen molar-refractivity contribution in [2.45, 2.75) is 25.3 Å². The quantitative estimate of drug-likeness (QED) is 0.570. The van der Waals surface area contributed by atoms with Crippen molar-refractivity contribution in [2.75, 3.05) is 5.75 Å². The second kappa shape index (κ2) is 5.80. The number of hydrogen-bond acceptors (Lipinski definition) is 6. The average molecular weight is 318 g/mol. The number of thioether (sulfide) groups is 1. The van der Waals surface area contributed by atoms with Crippen molar-refractivity contribution in [2.24, 2.45) is 0 Å². The number of carbonyl (C=O) groups is 1. The molecule has 0 atom stereocenters. The molecular weight excluding hydrogens is 304 g/mol. The van der Waals surface area contributed by atoms with E-state index in [1.807, 2.05) is 13.8 Å². The van der Waals surface area contributed by atoms with Crippen LogP contribution in [0, 0.1) is 6.92 Å². The SMILES string of the molecule is CCc1c(C)nc2nc(-c3ccco3)nn2c1SCC(=O)O. The topological polar surface area (TPSA) is 93.5 Å². The minimum atomic E-state index is -0.874. The first kappa shape index (κ1) is 14.6. The van der Waals surface area contributed by atoms with E-state index < -0.39 is 5.97 Å². The molecule has 3 aromatic heterocycles. The summed E-state index contributed by atoms with van der Waals surface area (Å²) >= 11 is 1.22. The lowest BCUT2D eigenvalue weighted by Crippen LogP contribution is -2.07. The van der Waals surface area contributed by atoms with Crippen molar-refractivity contribution < 1.29 is 14.3 Å². The molecule has 0 bridgehead atoms. The molecule has 0 aromatic carbocycles. The summed E-state index contributed by atoms with van der Waals surface area (Å²) in [6, 6.07) is 3.53. The number of aryl methyl sites for hydroxylation is 1. The molecule has 0 aliphatic rings. The van der Waals surface area contributed by atoms with E-state index in [0.717, 1.165) is 22.7 Å². The molecule has 0 saturated heterocycles. The lowest BCUT2D eigenvalue weighted by molar-refractivity contribution is -0.133. The maximum atomic E-state index is 10.9. The van der Waals surface area contributed by atoms with Gasteiger partial charge in [0.05, 0.1) is 12.0 Å². The smallest absolute Gasteiger partial charge is 0.313 e. The monoisotopic (exact) mass is 318 g/mol. The summed E-state index contributed by atoms with van der Waals surface area (Å²) in [5, 5.41) is 14.1. The normalized spacial score (nSPS) is 11.2. The summed E-state index contributed by atoms with van der Waals surface area (Å²) < 4.78 is 6.90. The van der Waals surface area contributed by atoms with Crippen LogP contribution < -0.4 is 0 Å². The van der Waals surface area contributed by atoms with E-state index in [1.165, 1.54) is 11.8 Å². The van der Waals surface area contributed by atoms with Crippen LogP contribution in [-0.2, 0) is 11.2 Å². The molecule has 1 N–H and O–H groups in total. The average Bonchev–Trinajstić information content (AvgIpc) is 3.12. The van der Waals surface area contributed by atoms with E-state index in [0.29, 0.717) is 17.4 Å². The van der Waals surface area contributed by atoms with Gasteiger partial charge in [-0.1, -0.05) is 18.7 Å². The molecule has 0 aliphatic carbocycles. The summed E-state index contributed by atoms with van der Waals surface area (Å²) in [7, 11) is 0. The highest BCUT2D eigenvalue weighted by atomic mass is 32.2. The Hall–Kier alpha value is -2.35. The zero-order valence-electron chi connectivity index (χ0n) is 12.1. The molecular formula is C14H14N4O3S. The summed E-state index contributed by atoms with van der Waals surface area (Å²) in [4.78, 5) is 19.7. The molecule has 0 spiro atoms. The highest BCUT2D eigenvalue weighted by Gasteiger charge is 2.18. The number of nitrogens with zero attached hydrogens (tertiary/aromatic N) is 4. The first-order valence-corrected chi connectivity index (χ1v) is 7.73. The minimum absolute atomic E-state index is 0.0402. The number of rotatable bonds is 5. The highest BCUT2D eigenvalue weighted by molar-refractivity contribution is 7.99. The van der Waals surface area contributed by atoms with E-state index >= 15 is 0 Å². The van der Waals surface area contributed by atoms with Crippen LogP contribution in [0.1, 0.15) is 18.2 Å². The number of carboxylic acids is 1. The third-order valence-corrected chi connectivity index (χ3v) is 4.26. The number of aromatic nitrogens is 4. The maximum absolute atomic E-state index is 10.9. The second-order valence-electron chi connectivity index (χ2n) is 4.64. The Morgan fingerprint density at radius 2 is 2.27 bits per heavy atom. The maximum Gasteiger partial charge on any atom is 0.313 e. The fraction of sp³-hybridized carbons (Fsp3) is 0.286. The van der Waals surface area contributed by atoms with Crippen molar-refractivity contribution in [1.29, 1.82) is 0 Å². The predicted octanol–water partition coefficient (Wildman–Crippen LogP) is 2.43. The largest absolute Gasteiger partial charge is 0.481 e. The van der Waals surface area contributed by atoms with Crippen LogP contribution >= 0.6 is 11.8 Å². The zero-order valence-corrected chi connectivity index (χ0v) is 12.9. The van der Waals surface area contributed by atoms with Crippen LogP contribution in [0.25, 0.3) is 17.4 Å². The standard InChI is InChI=1S/C14H14N4O3S/c1-3-9-8(2)15-14-16-12(10-5-4-6-21-10)17-18(14)13(9)22-7-11(19)20/h4-6H,3,7H2,1-2H3,(H,19,20). The summed E-state index contributed by atoms with van der Waals surface area (Å²) in [6.45, 7) is 3.90. The van der Waals surface area contributed by atoms with Gasteiger partial charge in [-0.2, -0.15) is 9.50 Å². The molecule has 0 saturated carbocycles. The van der Waals surface area contributed by atoms with Gasteiger partial charge in [-0.3, -0.25) is 4.79 Å². The lowest BCUT2D eigenvalue weighted by Gasteiger charge is -2.10. The van der Waals surface area contributed by atoms with E-state index in [4.69, 9.17) is 9.52 Å². The van der Waals surface area contributed by atoms with Gasteiger partial charge in [-0.25, -0.2) is 4.98 Å². The molecule has 0 aliphatic heterocycles. The number of carboxylic acid groups (broad SMARTS) is 1. The van der Waals surface area contributed by atoms with Crippen molar-refractivity contribution >= 4 is 23.5 Å². The van der Waals surface area contributed by atoms with Crippen LogP contribution in [0.4, 0.5) is 0 Å².